The van der Waals surface area contributed by atoms with Crippen molar-refractivity contribution >= 4 is 5.91 Å². The van der Waals surface area contributed by atoms with Gasteiger partial charge in [-0.3, -0.25) is 14.7 Å². The van der Waals surface area contributed by atoms with Crippen molar-refractivity contribution in [3.63, 3.8) is 0 Å². The Kier molecular flexibility index (Phi) is 7.04. The molecule has 2 aromatic carbocycles. The first-order valence-corrected chi connectivity index (χ1v) is 11.3. The minimum Gasteiger partial charge on any atom is -0.489 e. The number of hydrogen-bond acceptors (Lipinski definition) is 4. The summed E-state index contributed by atoms with van der Waals surface area (Å²) in [7, 11) is 3.63. The first-order valence-electron chi connectivity index (χ1n) is 11.3. The lowest BCUT2D eigenvalue weighted by molar-refractivity contribution is -0.137. The largest absolute Gasteiger partial charge is 0.489 e. The zero-order chi connectivity index (χ0) is 23.3. The van der Waals surface area contributed by atoms with E-state index in [0.717, 1.165) is 48.5 Å². The van der Waals surface area contributed by atoms with Crippen molar-refractivity contribution in [2.75, 3.05) is 27.2 Å². The summed E-state index contributed by atoms with van der Waals surface area (Å²) < 4.78 is 19.0. The van der Waals surface area contributed by atoms with Gasteiger partial charge in [-0.25, -0.2) is 4.39 Å². The van der Waals surface area contributed by atoms with E-state index >= 15 is 0 Å². The molecule has 1 aliphatic rings. The highest BCUT2D eigenvalue weighted by molar-refractivity contribution is 5.88. The van der Waals surface area contributed by atoms with Crippen LogP contribution in [0.25, 0.3) is 0 Å². The molecule has 0 bridgehead atoms. The summed E-state index contributed by atoms with van der Waals surface area (Å²) in [5.41, 5.74) is 2.24. The molecule has 33 heavy (non-hydrogen) atoms. The Labute approximate surface area is 194 Å². The van der Waals surface area contributed by atoms with Gasteiger partial charge in [-0.05, 0) is 66.9 Å². The van der Waals surface area contributed by atoms with E-state index < -0.39 is 5.41 Å². The van der Waals surface area contributed by atoms with Crippen LogP contribution in [-0.2, 0) is 23.4 Å². The van der Waals surface area contributed by atoms with E-state index in [2.05, 4.69) is 16.0 Å². The maximum Gasteiger partial charge on any atom is 0.235 e. The van der Waals surface area contributed by atoms with Crippen molar-refractivity contribution < 1.29 is 13.9 Å². The number of nitrogens with zero attached hydrogens (tertiary/aromatic N) is 3. The molecule has 0 spiro atoms. The molecule has 5 nitrogen and oxygen atoms in total. The zero-order valence-electron chi connectivity index (χ0n) is 19.2. The van der Waals surface area contributed by atoms with Crippen LogP contribution in [0, 0.1) is 5.82 Å². The SMILES string of the molecule is CN(C)C(=O)[C@]1(c2ccccn2)CCCN(Cc2cccc(OCc3ccc(F)cc3)c2)C1. The van der Waals surface area contributed by atoms with E-state index in [1.165, 1.54) is 12.1 Å². The molecule has 0 unspecified atom stereocenters. The number of piperidine rings is 1. The molecule has 0 radical (unpaired) electrons. The van der Waals surface area contributed by atoms with Crippen molar-refractivity contribution in [3.8, 4) is 5.75 Å². The molecule has 1 aromatic heterocycles. The fourth-order valence-corrected chi connectivity index (χ4v) is 4.59. The number of amides is 1. The summed E-state index contributed by atoms with van der Waals surface area (Å²) in [5.74, 6) is 0.619. The van der Waals surface area contributed by atoms with Crippen LogP contribution in [0.3, 0.4) is 0 Å². The second-order valence-corrected chi connectivity index (χ2v) is 8.87. The van der Waals surface area contributed by atoms with Crippen LogP contribution in [-0.4, -0.2) is 47.9 Å². The topological polar surface area (TPSA) is 45.7 Å². The molecule has 1 fully saturated rings. The number of likely N-dealkylation sites (N-methyl/N-ethyl adjacent to an activating group) is 1. The highest BCUT2D eigenvalue weighted by atomic mass is 19.1. The summed E-state index contributed by atoms with van der Waals surface area (Å²) in [6.45, 7) is 2.66. The summed E-state index contributed by atoms with van der Waals surface area (Å²) >= 11 is 0. The van der Waals surface area contributed by atoms with Crippen LogP contribution in [0.15, 0.2) is 72.9 Å². The first kappa shape index (κ1) is 22.9. The van der Waals surface area contributed by atoms with Gasteiger partial charge in [-0.2, -0.15) is 0 Å². The van der Waals surface area contributed by atoms with Gasteiger partial charge in [0.25, 0.3) is 0 Å². The number of pyridine rings is 1. The Morgan fingerprint density at radius 3 is 2.64 bits per heavy atom. The van der Waals surface area contributed by atoms with Crippen molar-refractivity contribution in [2.45, 2.75) is 31.4 Å². The molecular formula is C27H30FN3O2. The van der Waals surface area contributed by atoms with Crippen LogP contribution in [0.5, 0.6) is 5.75 Å². The molecule has 6 heteroatoms. The lowest BCUT2D eigenvalue weighted by atomic mass is 9.75. The molecule has 0 aliphatic carbocycles. The standard InChI is InChI=1S/C27H30FN3O2/c1-30(2)26(32)27(25-9-3-4-15-29-25)14-6-16-31(20-27)18-22-7-5-8-24(17-22)33-19-21-10-12-23(28)13-11-21/h3-5,7-13,15,17H,6,14,16,18-20H2,1-2H3/t27-/m1/s1. The van der Waals surface area contributed by atoms with E-state index in [0.29, 0.717) is 13.2 Å². The molecule has 2 heterocycles. The Hall–Kier alpha value is -3.25. The summed E-state index contributed by atoms with van der Waals surface area (Å²) in [4.78, 5) is 21.9. The molecule has 0 saturated carbocycles. The number of carbonyl (C=O) groups excluding carboxylic acids is 1. The molecule has 0 N–H and O–H groups in total. The van der Waals surface area contributed by atoms with E-state index in [4.69, 9.17) is 4.74 Å². The predicted molar refractivity (Wildman–Crippen MR) is 126 cm³/mol. The second kappa shape index (κ2) is 10.1. The van der Waals surface area contributed by atoms with Crippen molar-refractivity contribution in [1.82, 2.24) is 14.8 Å². The van der Waals surface area contributed by atoms with Gasteiger partial charge in [-0.15, -0.1) is 0 Å². The third-order valence-corrected chi connectivity index (χ3v) is 6.17. The highest BCUT2D eigenvalue weighted by Gasteiger charge is 2.45. The number of halogens is 1. The lowest BCUT2D eigenvalue weighted by Gasteiger charge is -2.42. The average Bonchev–Trinajstić information content (AvgIpc) is 2.84. The van der Waals surface area contributed by atoms with Gasteiger partial charge in [0, 0.05) is 33.4 Å². The Morgan fingerprint density at radius 2 is 1.91 bits per heavy atom. The third-order valence-electron chi connectivity index (χ3n) is 6.17. The Bertz CT molecular complexity index is 1070. The van der Waals surface area contributed by atoms with E-state index in [9.17, 15) is 9.18 Å². The van der Waals surface area contributed by atoms with Gasteiger partial charge in [0.15, 0.2) is 0 Å². The molecule has 4 rings (SSSR count). The molecular weight excluding hydrogens is 417 g/mol. The zero-order valence-corrected chi connectivity index (χ0v) is 19.2. The number of hydrogen-bond donors (Lipinski definition) is 0. The number of likely N-dealkylation sites (tertiary alicyclic amines) is 1. The molecule has 3 aromatic rings. The highest BCUT2D eigenvalue weighted by Crippen LogP contribution is 2.35. The number of carbonyl (C=O) groups is 1. The van der Waals surface area contributed by atoms with E-state index in [-0.39, 0.29) is 11.7 Å². The van der Waals surface area contributed by atoms with Crippen LogP contribution < -0.4 is 4.74 Å². The summed E-state index contributed by atoms with van der Waals surface area (Å²) in [6.07, 6.45) is 3.48. The molecule has 1 amide bonds. The number of rotatable bonds is 7. The first-order chi connectivity index (χ1) is 16.0. The average molecular weight is 448 g/mol. The number of aromatic nitrogens is 1. The fraction of sp³-hybridized carbons (Fsp3) is 0.333. The van der Waals surface area contributed by atoms with E-state index in [1.807, 2.05) is 50.5 Å². The maximum atomic E-state index is 13.3. The molecule has 1 atom stereocenters. The van der Waals surface area contributed by atoms with Gasteiger partial charge >= 0.3 is 0 Å². The van der Waals surface area contributed by atoms with Gasteiger partial charge in [0.2, 0.25) is 5.91 Å². The van der Waals surface area contributed by atoms with Crippen molar-refractivity contribution in [1.29, 1.82) is 0 Å². The van der Waals surface area contributed by atoms with Crippen LogP contribution in [0.2, 0.25) is 0 Å². The minimum atomic E-state index is -0.639. The van der Waals surface area contributed by atoms with Crippen LogP contribution in [0.1, 0.15) is 29.7 Å². The van der Waals surface area contributed by atoms with Gasteiger partial charge in [0.1, 0.15) is 23.6 Å². The van der Waals surface area contributed by atoms with Gasteiger partial charge < -0.3 is 9.64 Å². The quantitative estimate of drug-likeness (QED) is 0.538. The minimum absolute atomic E-state index is 0.0993. The smallest absolute Gasteiger partial charge is 0.235 e. The Balaban J connectivity index is 1.48. The van der Waals surface area contributed by atoms with E-state index in [1.54, 1.807) is 23.2 Å². The second-order valence-electron chi connectivity index (χ2n) is 8.87. The van der Waals surface area contributed by atoms with Crippen LogP contribution in [0.4, 0.5) is 4.39 Å². The fourth-order valence-electron chi connectivity index (χ4n) is 4.59. The maximum absolute atomic E-state index is 13.3. The molecule has 1 aliphatic heterocycles. The normalized spacial score (nSPS) is 18.6. The molecule has 1 saturated heterocycles. The van der Waals surface area contributed by atoms with Gasteiger partial charge in [-0.1, -0.05) is 30.3 Å². The van der Waals surface area contributed by atoms with Crippen molar-refractivity contribution in [3.05, 3.63) is 95.6 Å². The lowest BCUT2D eigenvalue weighted by Crippen LogP contribution is -2.54. The number of benzene rings is 2. The molecule has 172 valence electrons. The van der Waals surface area contributed by atoms with Gasteiger partial charge in [0.05, 0.1) is 5.69 Å². The summed E-state index contributed by atoms with van der Waals surface area (Å²) in [5, 5.41) is 0. The predicted octanol–water partition coefficient (Wildman–Crippen LogP) is 4.42. The monoisotopic (exact) mass is 447 g/mol. The number of ether oxygens (including phenoxy) is 1. The third kappa shape index (κ3) is 5.40. The Morgan fingerprint density at radius 1 is 1.09 bits per heavy atom. The summed E-state index contributed by atoms with van der Waals surface area (Å²) in [6, 6.07) is 20.2. The van der Waals surface area contributed by atoms with Crippen molar-refractivity contribution in [2.24, 2.45) is 0 Å². The van der Waals surface area contributed by atoms with Crippen LogP contribution >= 0.6 is 0 Å².